The van der Waals surface area contributed by atoms with Gasteiger partial charge in [0.05, 0.1) is 23.2 Å². The van der Waals surface area contributed by atoms with Crippen molar-refractivity contribution >= 4 is 15.7 Å². The molecule has 1 aliphatic heterocycles. The lowest BCUT2D eigenvalue weighted by molar-refractivity contribution is 0.398. The number of nitrogens with zero attached hydrogens (tertiary/aromatic N) is 2. The van der Waals surface area contributed by atoms with Crippen LogP contribution in [0.5, 0.6) is 0 Å². The molecule has 2 heterocycles. The largest absolute Gasteiger partial charge is 0.382 e. The zero-order chi connectivity index (χ0) is 12.8. The highest BCUT2D eigenvalue weighted by Crippen LogP contribution is 2.35. The van der Waals surface area contributed by atoms with Crippen molar-refractivity contribution in [3.63, 3.8) is 0 Å². The second-order valence-corrected chi connectivity index (χ2v) is 7.50. The summed E-state index contributed by atoms with van der Waals surface area (Å²) in [4.78, 5) is 0. The highest BCUT2D eigenvalue weighted by Gasteiger charge is 2.33. The lowest BCUT2D eigenvalue weighted by atomic mass is 10.1. The normalized spacial score (nSPS) is 23.8. The molecule has 1 fully saturated rings. The van der Waals surface area contributed by atoms with Gasteiger partial charge in [0.25, 0.3) is 0 Å². The molecule has 18 heavy (non-hydrogen) atoms. The molecule has 1 aromatic heterocycles. The maximum atomic E-state index is 11.7. The minimum Gasteiger partial charge on any atom is -0.382 e. The van der Waals surface area contributed by atoms with Crippen LogP contribution in [0.4, 0.5) is 5.82 Å². The number of aromatic nitrogens is 2. The predicted octanol–water partition coefficient (Wildman–Crippen LogP) is 1.79. The third kappa shape index (κ3) is 2.02. The van der Waals surface area contributed by atoms with E-state index in [9.17, 15) is 8.42 Å². The number of hydrogen-bond acceptors (Lipinski definition) is 4. The molecule has 6 heteroatoms. The van der Waals surface area contributed by atoms with Crippen molar-refractivity contribution in [1.29, 1.82) is 0 Å². The van der Waals surface area contributed by atoms with Crippen molar-refractivity contribution in [2.45, 2.75) is 56.1 Å². The van der Waals surface area contributed by atoms with Crippen molar-refractivity contribution in [1.82, 2.24) is 9.78 Å². The Morgan fingerprint density at radius 1 is 1.11 bits per heavy atom. The molecule has 1 aromatic rings. The molecule has 0 unspecified atom stereocenters. The molecule has 0 amide bonds. The standard InChI is InChI=1S/C12H19N3O2S/c13-12-10-7-18(16,17)8-11(10)15(14-12)9-5-3-1-2-4-6-9/h9H,1-8H2,(H2,13,14). The fourth-order valence-corrected chi connectivity index (χ4v) is 4.70. The Balaban J connectivity index is 1.96. The summed E-state index contributed by atoms with van der Waals surface area (Å²) in [6.45, 7) is 0. The van der Waals surface area contributed by atoms with Crippen LogP contribution in [-0.2, 0) is 21.3 Å². The summed E-state index contributed by atoms with van der Waals surface area (Å²) in [6, 6.07) is 0.340. The van der Waals surface area contributed by atoms with Gasteiger partial charge in [0, 0.05) is 5.56 Å². The maximum absolute atomic E-state index is 11.7. The van der Waals surface area contributed by atoms with Gasteiger partial charge in [0.15, 0.2) is 9.84 Å². The summed E-state index contributed by atoms with van der Waals surface area (Å²) in [5.41, 5.74) is 7.46. The van der Waals surface area contributed by atoms with Crippen LogP contribution in [0.3, 0.4) is 0 Å². The molecule has 0 aromatic carbocycles. The zero-order valence-corrected chi connectivity index (χ0v) is 11.2. The van der Waals surface area contributed by atoms with Gasteiger partial charge in [-0.15, -0.1) is 0 Å². The number of fused-ring (bicyclic) bond motifs is 1. The van der Waals surface area contributed by atoms with Gasteiger partial charge < -0.3 is 5.73 Å². The molecule has 5 nitrogen and oxygen atoms in total. The summed E-state index contributed by atoms with van der Waals surface area (Å²) in [5, 5.41) is 4.39. The molecule has 0 radical (unpaired) electrons. The van der Waals surface area contributed by atoms with Crippen molar-refractivity contribution in [3.8, 4) is 0 Å². The van der Waals surface area contributed by atoms with Gasteiger partial charge in [0.2, 0.25) is 0 Å². The van der Waals surface area contributed by atoms with Crippen LogP contribution in [0.2, 0.25) is 0 Å². The number of hydrogen-bond donors (Lipinski definition) is 1. The first-order valence-electron chi connectivity index (χ1n) is 6.63. The van der Waals surface area contributed by atoms with Crippen molar-refractivity contribution in [2.75, 3.05) is 5.73 Å². The molecule has 1 aliphatic carbocycles. The number of sulfone groups is 1. The third-order valence-electron chi connectivity index (χ3n) is 4.04. The molecule has 1 saturated carbocycles. The van der Waals surface area contributed by atoms with Gasteiger partial charge in [-0.2, -0.15) is 5.10 Å². The Kier molecular flexibility index (Phi) is 2.84. The highest BCUT2D eigenvalue weighted by atomic mass is 32.2. The lowest BCUT2D eigenvalue weighted by Crippen LogP contribution is -2.14. The predicted molar refractivity (Wildman–Crippen MR) is 69.7 cm³/mol. The van der Waals surface area contributed by atoms with Gasteiger partial charge in [-0.1, -0.05) is 25.7 Å². The number of anilines is 1. The van der Waals surface area contributed by atoms with Gasteiger partial charge in [-0.3, -0.25) is 4.68 Å². The van der Waals surface area contributed by atoms with Crippen LogP contribution < -0.4 is 5.73 Å². The molecule has 0 bridgehead atoms. The monoisotopic (exact) mass is 269 g/mol. The number of nitrogen functional groups attached to an aromatic ring is 1. The van der Waals surface area contributed by atoms with Crippen LogP contribution in [0.25, 0.3) is 0 Å². The average Bonchev–Trinajstić information content (AvgIpc) is 2.65. The Labute approximate surface area is 107 Å². The molecule has 2 aliphatic rings. The smallest absolute Gasteiger partial charge is 0.160 e. The van der Waals surface area contributed by atoms with Crippen molar-refractivity contribution < 1.29 is 8.42 Å². The first-order valence-corrected chi connectivity index (χ1v) is 8.45. The van der Waals surface area contributed by atoms with Crippen LogP contribution in [0.1, 0.15) is 55.8 Å². The minimum absolute atomic E-state index is 0.0703. The molecular formula is C12H19N3O2S. The second kappa shape index (κ2) is 4.26. The second-order valence-electron chi connectivity index (χ2n) is 5.43. The molecule has 3 rings (SSSR count). The number of nitrogens with two attached hydrogens (primary N) is 1. The van der Waals surface area contributed by atoms with E-state index in [0.717, 1.165) is 24.1 Å². The van der Waals surface area contributed by atoms with E-state index in [1.165, 1.54) is 25.7 Å². The van der Waals surface area contributed by atoms with E-state index >= 15 is 0 Å². The molecular weight excluding hydrogens is 250 g/mol. The fraction of sp³-hybridized carbons (Fsp3) is 0.750. The summed E-state index contributed by atoms with van der Waals surface area (Å²) >= 11 is 0. The topological polar surface area (TPSA) is 78.0 Å². The van der Waals surface area contributed by atoms with Crippen LogP contribution >= 0.6 is 0 Å². The fourth-order valence-electron chi connectivity index (χ4n) is 3.12. The van der Waals surface area contributed by atoms with Gasteiger partial charge in [0.1, 0.15) is 5.82 Å². The Bertz CT molecular complexity index is 554. The van der Waals surface area contributed by atoms with Crippen LogP contribution in [-0.4, -0.2) is 18.2 Å². The maximum Gasteiger partial charge on any atom is 0.160 e. The first kappa shape index (κ1) is 12.0. The van der Waals surface area contributed by atoms with E-state index in [0.29, 0.717) is 11.9 Å². The SMILES string of the molecule is Nc1nn(C2CCCCCC2)c2c1CS(=O)(=O)C2. The summed E-state index contributed by atoms with van der Waals surface area (Å²) < 4.78 is 25.3. The Morgan fingerprint density at radius 2 is 1.78 bits per heavy atom. The minimum atomic E-state index is -3.00. The van der Waals surface area contributed by atoms with E-state index in [4.69, 9.17) is 5.73 Å². The van der Waals surface area contributed by atoms with Gasteiger partial charge >= 0.3 is 0 Å². The average molecular weight is 269 g/mol. The Hall–Kier alpha value is -1.04. The van der Waals surface area contributed by atoms with E-state index in [1.807, 2.05) is 4.68 Å². The van der Waals surface area contributed by atoms with E-state index < -0.39 is 9.84 Å². The van der Waals surface area contributed by atoms with Crippen LogP contribution in [0, 0.1) is 0 Å². The van der Waals surface area contributed by atoms with E-state index in [2.05, 4.69) is 5.10 Å². The molecule has 0 spiro atoms. The van der Waals surface area contributed by atoms with Crippen molar-refractivity contribution in [3.05, 3.63) is 11.3 Å². The van der Waals surface area contributed by atoms with Crippen molar-refractivity contribution in [2.24, 2.45) is 0 Å². The molecule has 2 N–H and O–H groups in total. The van der Waals surface area contributed by atoms with Gasteiger partial charge in [-0.25, -0.2) is 8.42 Å². The Morgan fingerprint density at radius 3 is 2.44 bits per heavy atom. The summed E-state index contributed by atoms with van der Waals surface area (Å²) in [5.74, 6) is 0.597. The zero-order valence-electron chi connectivity index (χ0n) is 10.4. The number of rotatable bonds is 1. The van der Waals surface area contributed by atoms with Gasteiger partial charge in [-0.05, 0) is 12.8 Å². The quantitative estimate of drug-likeness (QED) is 0.788. The van der Waals surface area contributed by atoms with E-state index in [1.54, 1.807) is 0 Å². The highest BCUT2D eigenvalue weighted by molar-refractivity contribution is 7.90. The molecule has 0 saturated heterocycles. The first-order chi connectivity index (χ1) is 8.57. The third-order valence-corrected chi connectivity index (χ3v) is 5.48. The van der Waals surface area contributed by atoms with E-state index in [-0.39, 0.29) is 11.5 Å². The summed E-state index contributed by atoms with van der Waals surface area (Å²) in [6.07, 6.45) is 7.13. The van der Waals surface area contributed by atoms with Crippen LogP contribution in [0.15, 0.2) is 0 Å². The molecule has 0 atom stereocenters. The molecule has 100 valence electrons. The summed E-state index contributed by atoms with van der Waals surface area (Å²) in [7, 11) is -3.00. The lowest BCUT2D eigenvalue weighted by Gasteiger charge is -2.16.